The summed E-state index contributed by atoms with van der Waals surface area (Å²) in [6.07, 6.45) is 2.81. The van der Waals surface area contributed by atoms with Crippen molar-refractivity contribution in [1.29, 1.82) is 0 Å². The van der Waals surface area contributed by atoms with Crippen LogP contribution >= 0.6 is 11.6 Å². The average molecular weight is 255 g/mol. The van der Waals surface area contributed by atoms with Gasteiger partial charge in [-0.3, -0.25) is 0 Å². The second-order valence-electron chi connectivity index (χ2n) is 4.56. The fourth-order valence-corrected chi connectivity index (χ4v) is 2.63. The highest BCUT2D eigenvalue weighted by Gasteiger charge is 2.27. The third-order valence-corrected chi connectivity index (χ3v) is 3.53. The van der Waals surface area contributed by atoms with Crippen LogP contribution in [0.4, 0.5) is 4.39 Å². The van der Waals surface area contributed by atoms with E-state index in [4.69, 9.17) is 21.8 Å². The molecule has 5 heteroatoms. The topological polar surface area (TPSA) is 52.0 Å². The first-order chi connectivity index (χ1) is 8.13. The van der Waals surface area contributed by atoms with Gasteiger partial charge < -0.3 is 10.2 Å². The molecule has 0 saturated heterocycles. The van der Waals surface area contributed by atoms with E-state index in [1.165, 1.54) is 12.1 Å². The number of nitrogens with two attached hydrogens (primary N) is 1. The summed E-state index contributed by atoms with van der Waals surface area (Å²) < 4.78 is 18.8. The fraction of sp³-hybridized carbons (Fsp3) is 0.417. The first-order valence-corrected chi connectivity index (χ1v) is 6.02. The predicted octanol–water partition coefficient (Wildman–Crippen LogP) is 3.22. The zero-order chi connectivity index (χ0) is 12.0. The molecule has 0 amide bonds. The zero-order valence-electron chi connectivity index (χ0n) is 9.12. The number of aromatic nitrogens is 1. The SMILES string of the molecule is N[C@H]1CC[C@@H](c2nc3cc(F)cc(Cl)c3o2)C1. The number of oxazole rings is 1. The minimum absolute atomic E-state index is 0.210. The summed E-state index contributed by atoms with van der Waals surface area (Å²) in [5.41, 5.74) is 6.79. The van der Waals surface area contributed by atoms with Crippen molar-refractivity contribution in [3.8, 4) is 0 Å². The van der Waals surface area contributed by atoms with Crippen LogP contribution in [0.15, 0.2) is 16.5 Å². The van der Waals surface area contributed by atoms with Crippen molar-refractivity contribution in [3.63, 3.8) is 0 Å². The molecule has 1 aliphatic carbocycles. The van der Waals surface area contributed by atoms with Gasteiger partial charge in [-0.05, 0) is 25.3 Å². The molecule has 1 aromatic carbocycles. The Kier molecular flexibility index (Phi) is 2.56. The van der Waals surface area contributed by atoms with Gasteiger partial charge in [0, 0.05) is 18.0 Å². The molecule has 2 atom stereocenters. The van der Waals surface area contributed by atoms with Gasteiger partial charge in [-0.25, -0.2) is 9.37 Å². The molecule has 2 N–H and O–H groups in total. The van der Waals surface area contributed by atoms with E-state index in [0.717, 1.165) is 19.3 Å². The third kappa shape index (κ3) is 1.91. The molecule has 3 nitrogen and oxygen atoms in total. The Bertz CT molecular complexity index is 569. The van der Waals surface area contributed by atoms with Crippen LogP contribution in [0.1, 0.15) is 31.1 Å². The van der Waals surface area contributed by atoms with E-state index in [1.54, 1.807) is 0 Å². The monoisotopic (exact) mass is 254 g/mol. The molecule has 1 aliphatic rings. The van der Waals surface area contributed by atoms with Crippen LogP contribution < -0.4 is 5.73 Å². The summed E-state index contributed by atoms with van der Waals surface area (Å²) >= 11 is 5.91. The number of hydrogen-bond donors (Lipinski definition) is 1. The molecule has 1 saturated carbocycles. The van der Waals surface area contributed by atoms with Crippen LogP contribution in [0.3, 0.4) is 0 Å². The van der Waals surface area contributed by atoms with E-state index >= 15 is 0 Å². The maximum Gasteiger partial charge on any atom is 0.198 e. The minimum atomic E-state index is -0.398. The number of nitrogens with zero attached hydrogens (tertiary/aromatic N) is 1. The van der Waals surface area contributed by atoms with Crippen molar-refractivity contribution in [2.75, 3.05) is 0 Å². The van der Waals surface area contributed by atoms with Crippen molar-refractivity contribution in [3.05, 3.63) is 28.9 Å². The number of halogens is 2. The largest absolute Gasteiger partial charge is 0.439 e. The predicted molar refractivity (Wildman–Crippen MR) is 63.5 cm³/mol. The Balaban J connectivity index is 2.04. The van der Waals surface area contributed by atoms with Crippen LogP contribution in [0.25, 0.3) is 11.1 Å². The summed E-state index contributed by atoms with van der Waals surface area (Å²) in [5.74, 6) is 0.461. The molecule has 3 rings (SSSR count). The van der Waals surface area contributed by atoms with E-state index in [9.17, 15) is 4.39 Å². The summed E-state index contributed by atoms with van der Waals surface area (Å²) in [6, 6.07) is 2.78. The van der Waals surface area contributed by atoms with Gasteiger partial charge in [0.1, 0.15) is 11.3 Å². The number of fused-ring (bicyclic) bond motifs is 1. The molecule has 17 heavy (non-hydrogen) atoms. The van der Waals surface area contributed by atoms with Crippen molar-refractivity contribution in [2.24, 2.45) is 5.73 Å². The average Bonchev–Trinajstić information content (AvgIpc) is 2.83. The Morgan fingerprint density at radius 2 is 2.24 bits per heavy atom. The Morgan fingerprint density at radius 1 is 1.41 bits per heavy atom. The molecule has 0 aliphatic heterocycles. The lowest BCUT2D eigenvalue weighted by Crippen LogP contribution is -2.14. The van der Waals surface area contributed by atoms with Crippen molar-refractivity contribution in [1.82, 2.24) is 4.98 Å². The molecule has 0 bridgehead atoms. The number of hydrogen-bond acceptors (Lipinski definition) is 3. The summed E-state index contributed by atoms with van der Waals surface area (Å²) in [6.45, 7) is 0. The molecule has 0 radical (unpaired) electrons. The van der Waals surface area contributed by atoms with Gasteiger partial charge in [0.05, 0.1) is 5.02 Å². The van der Waals surface area contributed by atoms with Crippen molar-refractivity contribution >= 4 is 22.7 Å². The van der Waals surface area contributed by atoms with E-state index < -0.39 is 5.82 Å². The van der Waals surface area contributed by atoms with Crippen LogP contribution in [0, 0.1) is 5.82 Å². The zero-order valence-corrected chi connectivity index (χ0v) is 9.88. The molecule has 1 heterocycles. The second-order valence-corrected chi connectivity index (χ2v) is 4.97. The first kappa shape index (κ1) is 11.0. The summed E-state index contributed by atoms with van der Waals surface area (Å²) in [7, 11) is 0. The van der Waals surface area contributed by atoms with Gasteiger partial charge in [-0.15, -0.1) is 0 Å². The van der Waals surface area contributed by atoms with Gasteiger partial charge in [0.25, 0.3) is 0 Å². The molecule has 1 fully saturated rings. The fourth-order valence-electron chi connectivity index (χ4n) is 2.39. The highest BCUT2D eigenvalue weighted by Crippen LogP contribution is 2.36. The van der Waals surface area contributed by atoms with Gasteiger partial charge >= 0.3 is 0 Å². The quantitative estimate of drug-likeness (QED) is 0.850. The van der Waals surface area contributed by atoms with Crippen molar-refractivity contribution in [2.45, 2.75) is 31.2 Å². The van der Waals surface area contributed by atoms with E-state index in [2.05, 4.69) is 4.98 Å². The molecule has 1 aromatic heterocycles. The van der Waals surface area contributed by atoms with E-state index in [1.807, 2.05) is 0 Å². The molecular formula is C12H12ClFN2O. The van der Waals surface area contributed by atoms with Gasteiger partial charge in [0.15, 0.2) is 11.5 Å². The van der Waals surface area contributed by atoms with E-state index in [-0.39, 0.29) is 17.0 Å². The standard InChI is InChI=1S/C12H12ClFN2O/c13-9-4-7(14)5-10-11(9)17-12(16-10)6-1-2-8(15)3-6/h4-6,8H,1-3,15H2/t6-,8+/m1/s1. The Morgan fingerprint density at radius 3 is 2.94 bits per heavy atom. The molecule has 2 aromatic rings. The number of rotatable bonds is 1. The molecule has 0 spiro atoms. The molecule has 90 valence electrons. The lowest BCUT2D eigenvalue weighted by molar-refractivity contribution is 0.471. The smallest absolute Gasteiger partial charge is 0.198 e. The van der Waals surface area contributed by atoms with Crippen LogP contribution in [-0.2, 0) is 0 Å². The second kappa shape index (κ2) is 3.96. The highest BCUT2D eigenvalue weighted by molar-refractivity contribution is 6.34. The first-order valence-electron chi connectivity index (χ1n) is 5.64. The Hall–Kier alpha value is -1.13. The molecular weight excluding hydrogens is 243 g/mol. The van der Waals surface area contributed by atoms with Crippen LogP contribution in [-0.4, -0.2) is 11.0 Å². The maximum absolute atomic E-state index is 13.2. The van der Waals surface area contributed by atoms with Crippen LogP contribution in [0.5, 0.6) is 0 Å². The summed E-state index contributed by atoms with van der Waals surface area (Å²) in [5, 5.41) is 0.265. The van der Waals surface area contributed by atoms with Crippen LogP contribution in [0.2, 0.25) is 5.02 Å². The lowest BCUT2D eigenvalue weighted by Gasteiger charge is -2.02. The molecule has 0 unspecified atom stereocenters. The van der Waals surface area contributed by atoms with E-state index in [0.29, 0.717) is 17.0 Å². The van der Waals surface area contributed by atoms with Gasteiger partial charge in [0.2, 0.25) is 0 Å². The van der Waals surface area contributed by atoms with Gasteiger partial charge in [-0.1, -0.05) is 11.6 Å². The normalized spacial score (nSPS) is 24.6. The minimum Gasteiger partial charge on any atom is -0.439 e. The maximum atomic E-state index is 13.2. The van der Waals surface area contributed by atoms with Gasteiger partial charge in [-0.2, -0.15) is 0 Å². The lowest BCUT2D eigenvalue weighted by atomic mass is 10.1. The number of benzene rings is 1. The van der Waals surface area contributed by atoms with Crippen molar-refractivity contribution < 1.29 is 8.81 Å². The Labute approximate surface area is 103 Å². The highest BCUT2D eigenvalue weighted by atomic mass is 35.5. The third-order valence-electron chi connectivity index (χ3n) is 3.25. The summed E-state index contributed by atoms with van der Waals surface area (Å²) in [4.78, 5) is 4.30.